The normalized spacial score (nSPS) is 45.4. The fourth-order valence-corrected chi connectivity index (χ4v) is 12.3. The molecule has 1 heterocycles. The number of hydrogen-bond donors (Lipinski definition) is 2. The van der Waals surface area contributed by atoms with Crippen molar-refractivity contribution < 1.29 is 62.5 Å². The number of rotatable bonds is 11. The quantitative estimate of drug-likeness (QED) is 0.248. The number of aliphatic hydroxyl groups is 2. The van der Waals surface area contributed by atoms with Crippen molar-refractivity contribution in [2.75, 3.05) is 55.8 Å². The third-order valence-corrected chi connectivity index (χ3v) is 13.4. The van der Waals surface area contributed by atoms with Crippen LogP contribution in [-0.2, 0) is 38.0 Å². The van der Waals surface area contributed by atoms with Crippen molar-refractivity contribution in [1.82, 2.24) is 4.90 Å². The Balaban J connectivity index is 1.47. The van der Waals surface area contributed by atoms with E-state index in [-0.39, 0.29) is 38.0 Å². The maximum Gasteiger partial charge on any atom is 0.338 e. The summed E-state index contributed by atoms with van der Waals surface area (Å²) < 4.78 is 48.2. The van der Waals surface area contributed by atoms with Gasteiger partial charge in [-0.25, -0.2) is 4.79 Å². The number of benzene rings is 1. The number of esters is 2. The number of amides is 1. The van der Waals surface area contributed by atoms with E-state index in [0.29, 0.717) is 11.5 Å². The lowest BCUT2D eigenvalue weighted by atomic mass is 9.42. The average Bonchev–Trinajstić information content (AvgIpc) is 3.46. The topological polar surface area (TPSA) is 169 Å². The summed E-state index contributed by atoms with van der Waals surface area (Å²) in [6.45, 7) is 1.64. The molecule has 1 aliphatic heterocycles. The van der Waals surface area contributed by atoms with Crippen molar-refractivity contribution in [3.63, 3.8) is 0 Å². The van der Waals surface area contributed by atoms with Gasteiger partial charge in [-0.3, -0.25) is 9.59 Å². The highest BCUT2D eigenvalue weighted by Crippen LogP contribution is 2.80. The van der Waals surface area contributed by atoms with E-state index in [1.165, 1.54) is 34.3 Å². The molecular formula is C35H47NO13. The van der Waals surface area contributed by atoms with Crippen LogP contribution in [0.5, 0.6) is 11.5 Å². The van der Waals surface area contributed by atoms with Crippen LogP contribution in [0, 0.1) is 34.5 Å². The first-order chi connectivity index (χ1) is 23.4. The van der Waals surface area contributed by atoms with Gasteiger partial charge in [0.25, 0.3) is 0 Å². The number of nitrogens with zero attached hydrogens (tertiary/aromatic N) is 1. The van der Waals surface area contributed by atoms with Crippen molar-refractivity contribution in [3.05, 3.63) is 23.8 Å². The Morgan fingerprint density at radius 1 is 0.980 bits per heavy atom. The van der Waals surface area contributed by atoms with Crippen LogP contribution in [0.2, 0.25) is 0 Å². The second-order valence-corrected chi connectivity index (χ2v) is 14.8. The second kappa shape index (κ2) is 11.8. The van der Waals surface area contributed by atoms with Gasteiger partial charge in [0, 0.05) is 89.4 Å². The maximum absolute atomic E-state index is 14.1. The average molecular weight is 690 g/mol. The lowest BCUT2D eigenvalue weighted by Crippen LogP contribution is -2.79. The molecule has 2 N–H and O–H groups in total. The second-order valence-electron chi connectivity index (χ2n) is 14.8. The van der Waals surface area contributed by atoms with Crippen LogP contribution < -0.4 is 9.47 Å². The molecule has 1 aromatic carbocycles. The monoisotopic (exact) mass is 689 g/mol. The lowest BCUT2D eigenvalue weighted by molar-refractivity contribution is -0.295. The molecule has 270 valence electrons. The third kappa shape index (κ3) is 4.12. The Kier molecular flexibility index (Phi) is 8.28. The molecule has 14 heteroatoms. The molecule has 1 aromatic rings. The molecular weight excluding hydrogens is 642 g/mol. The molecule has 0 aromatic heterocycles. The number of carbonyl (C=O) groups is 3. The number of fused-ring (bicyclic) bond motifs is 2. The number of aliphatic hydroxyl groups excluding tert-OH is 1. The third-order valence-electron chi connectivity index (χ3n) is 13.4. The van der Waals surface area contributed by atoms with E-state index in [1.807, 2.05) is 0 Å². The molecule has 49 heavy (non-hydrogen) atoms. The summed E-state index contributed by atoms with van der Waals surface area (Å²) >= 11 is 0. The number of methoxy groups -OCH3 is 6. The van der Waals surface area contributed by atoms with Crippen LogP contribution in [0.1, 0.15) is 36.5 Å². The van der Waals surface area contributed by atoms with Gasteiger partial charge >= 0.3 is 11.9 Å². The zero-order chi connectivity index (χ0) is 35.3. The molecule has 1 spiro atoms. The van der Waals surface area contributed by atoms with Gasteiger partial charge in [0.15, 0.2) is 11.5 Å². The van der Waals surface area contributed by atoms with Gasteiger partial charge in [-0.2, -0.15) is 0 Å². The molecule has 1 amide bonds. The van der Waals surface area contributed by atoms with E-state index in [4.69, 9.17) is 37.9 Å². The summed E-state index contributed by atoms with van der Waals surface area (Å²) in [6, 6.07) is 4.08. The van der Waals surface area contributed by atoms with Gasteiger partial charge in [-0.05, 0) is 30.5 Å². The fraction of sp³-hybridized carbons (Fsp3) is 0.743. The first-order valence-electron chi connectivity index (χ1n) is 16.7. The van der Waals surface area contributed by atoms with E-state index in [2.05, 4.69) is 0 Å². The van der Waals surface area contributed by atoms with Crippen molar-refractivity contribution in [2.24, 2.45) is 34.5 Å². The van der Waals surface area contributed by atoms with E-state index in [1.54, 1.807) is 38.4 Å². The Labute approximate surface area is 285 Å². The molecule has 14 atom stereocenters. The number of likely N-dealkylation sites (tertiary alicyclic amines) is 1. The van der Waals surface area contributed by atoms with Crippen LogP contribution in [0.3, 0.4) is 0 Å². The molecule has 5 aliphatic carbocycles. The molecule has 7 rings (SSSR count). The molecule has 7 bridgehead atoms. The summed E-state index contributed by atoms with van der Waals surface area (Å²) in [7, 11) is 9.16. The van der Waals surface area contributed by atoms with Crippen molar-refractivity contribution >= 4 is 18.3 Å². The fourth-order valence-electron chi connectivity index (χ4n) is 12.3. The molecule has 6 aliphatic rings. The van der Waals surface area contributed by atoms with Crippen LogP contribution in [0.15, 0.2) is 18.2 Å². The van der Waals surface area contributed by atoms with Crippen LogP contribution in [-0.4, -0.2) is 137 Å². The van der Waals surface area contributed by atoms with E-state index >= 15 is 0 Å². The predicted octanol–water partition coefficient (Wildman–Crippen LogP) is 0.831. The lowest BCUT2D eigenvalue weighted by Gasteiger charge is -2.69. The minimum absolute atomic E-state index is 0.0686. The van der Waals surface area contributed by atoms with Crippen LogP contribution in [0.4, 0.5) is 0 Å². The minimum Gasteiger partial charge on any atom is -0.493 e. The van der Waals surface area contributed by atoms with Gasteiger partial charge in [0.05, 0.1) is 50.8 Å². The Bertz CT molecular complexity index is 1510. The zero-order valence-electron chi connectivity index (χ0n) is 29.0. The Hall–Kier alpha value is -3.01. The number of ether oxygens (including phenoxy) is 8. The standard InChI is InChI=1S/C35H47NO13/c1-17(38)49-34-13-24(46-6)33(41)12-19(25(34)30(33)48-31(40)18-8-9-20(43-3)21(10-18)44-4)35-23(45-5)11-22(39)32(15-42-2)14-36(16-37)29(35)26(34)27(47-7)28(32)35/h8-10,16,19,22-30,39,41H,11-15H2,1-7H3/t19-,22-,23+,24+,25-,26+,27+,28-,29?,30-,32+,33+,34-,35+/m1/s1. The molecule has 5 saturated carbocycles. The summed E-state index contributed by atoms with van der Waals surface area (Å²) in [6.07, 6.45) is -3.10. The maximum atomic E-state index is 14.1. The van der Waals surface area contributed by atoms with Gasteiger partial charge in [0.2, 0.25) is 6.41 Å². The first-order valence-corrected chi connectivity index (χ1v) is 16.7. The highest BCUT2D eigenvalue weighted by molar-refractivity contribution is 5.90. The number of hydrogen-bond acceptors (Lipinski definition) is 13. The molecule has 1 unspecified atom stereocenters. The summed E-state index contributed by atoms with van der Waals surface area (Å²) in [5.74, 6) is -2.94. The molecule has 14 nitrogen and oxygen atoms in total. The van der Waals surface area contributed by atoms with Crippen LogP contribution >= 0.6 is 0 Å². The Morgan fingerprint density at radius 2 is 1.69 bits per heavy atom. The summed E-state index contributed by atoms with van der Waals surface area (Å²) in [4.78, 5) is 42.2. The van der Waals surface area contributed by atoms with Crippen molar-refractivity contribution in [3.8, 4) is 11.5 Å². The minimum atomic E-state index is -1.71. The number of piperidine rings is 1. The van der Waals surface area contributed by atoms with Crippen LogP contribution in [0.25, 0.3) is 0 Å². The van der Waals surface area contributed by atoms with Crippen molar-refractivity contribution in [1.29, 1.82) is 0 Å². The molecule has 6 fully saturated rings. The van der Waals surface area contributed by atoms with Gasteiger partial charge in [-0.15, -0.1) is 0 Å². The van der Waals surface area contributed by atoms with E-state index in [0.717, 1.165) is 6.41 Å². The van der Waals surface area contributed by atoms with Gasteiger partial charge < -0.3 is 53.0 Å². The summed E-state index contributed by atoms with van der Waals surface area (Å²) in [5, 5.41) is 24.8. The predicted molar refractivity (Wildman–Crippen MR) is 168 cm³/mol. The zero-order valence-corrected chi connectivity index (χ0v) is 29.0. The molecule has 0 radical (unpaired) electrons. The van der Waals surface area contributed by atoms with E-state index in [9.17, 15) is 24.6 Å². The van der Waals surface area contributed by atoms with E-state index < -0.39 is 94.2 Å². The SMILES string of the molecule is COC[C@]12CN(C=O)C3[C@@H]4[C@H](OC)[C@H]1[C@@]3([C@@H](OC)C[C@H]2O)[C@@H]1C[C@]2(O)[C@@H](OC)C[C@@]4(OC(C)=O)[C@H]1[C@H]2OC(=O)c1ccc(OC)c(OC)c1. The van der Waals surface area contributed by atoms with Gasteiger partial charge in [0.1, 0.15) is 17.3 Å². The molecule has 1 saturated heterocycles. The highest BCUT2D eigenvalue weighted by atomic mass is 16.6. The van der Waals surface area contributed by atoms with Gasteiger partial charge in [-0.1, -0.05) is 0 Å². The number of carbonyl (C=O) groups excluding carboxylic acids is 3. The summed E-state index contributed by atoms with van der Waals surface area (Å²) in [5.41, 5.74) is -4.85. The smallest absolute Gasteiger partial charge is 0.338 e. The largest absolute Gasteiger partial charge is 0.493 e. The first kappa shape index (κ1) is 34.4. The van der Waals surface area contributed by atoms with Crippen molar-refractivity contribution in [2.45, 2.75) is 73.9 Å². The Morgan fingerprint density at radius 3 is 2.29 bits per heavy atom. The highest BCUT2D eigenvalue weighted by Gasteiger charge is 2.90.